The van der Waals surface area contributed by atoms with Gasteiger partial charge in [0.2, 0.25) is 0 Å². The van der Waals surface area contributed by atoms with Gasteiger partial charge in [-0.05, 0) is 37.0 Å². The van der Waals surface area contributed by atoms with E-state index in [9.17, 15) is 9.90 Å². The highest BCUT2D eigenvalue weighted by Gasteiger charge is 2.20. The average Bonchev–Trinajstić information content (AvgIpc) is 2.47. The van der Waals surface area contributed by atoms with Crippen LogP contribution in [0.4, 0.5) is 0 Å². The lowest BCUT2D eigenvalue weighted by molar-refractivity contribution is 0.0388. The molecule has 5 heteroatoms. The molecular weight excluding hydrogens is 258 g/mol. The zero-order valence-corrected chi connectivity index (χ0v) is 12.0. The molecule has 1 saturated heterocycles. The Morgan fingerprint density at radius 3 is 2.95 bits per heavy atom. The molecule has 2 rings (SSSR count). The van der Waals surface area contributed by atoms with Crippen LogP contribution in [0.2, 0.25) is 0 Å². The van der Waals surface area contributed by atoms with Gasteiger partial charge in [0.25, 0.3) is 5.91 Å². The van der Waals surface area contributed by atoms with Gasteiger partial charge in [0.15, 0.2) is 11.5 Å². The Labute approximate surface area is 119 Å². The first-order valence-corrected chi connectivity index (χ1v) is 6.82. The van der Waals surface area contributed by atoms with Crippen LogP contribution in [-0.2, 0) is 4.74 Å². The summed E-state index contributed by atoms with van der Waals surface area (Å²) in [7, 11) is 3.25. The van der Waals surface area contributed by atoms with Crippen LogP contribution in [0.5, 0.6) is 11.5 Å². The summed E-state index contributed by atoms with van der Waals surface area (Å²) in [5, 5.41) is 9.73. The van der Waals surface area contributed by atoms with Gasteiger partial charge in [0, 0.05) is 25.8 Å². The maximum atomic E-state index is 12.3. The summed E-state index contributed by atoms with van der Waals surface area (Å²) in [6.45, 7) is 2.21. The first kappa shape index (κ1) is 14.7. The quantitative estimate of drug-likeness (QED) is 0.914. The molecule has 0 aliphatic carbocycles. The molecular formula is C15H21NO4. The fourth-order valence-electron chi connectivity index (χ4n) is 2.47. The van der Waals surface area contributed by atoms with E-state index < -0.39 is 0 Å². The first-order valence-electron chi connectivity index (χ1n) is 6.82. The van der Waals surface area contributed by atoms with E-state index >= 15 is 0 Å². The zero-order chi connectivity index (χ0) is 14.5. The zero-order valence-electron chi connectivity index (χ0n) is 12.0. The molecule has 1 atom stereocenters. The summed E-state index contributed by atoms with van der Waals surface area (Å²) < 4.78 is 10.4. The molecule has 1 heterocycles. The van der Waals surface area contributed by atoms with Gasteiger partial charge in [0.05, 0.1) is 13.7 Å². The van der Waals surface area contributed by atoms with Crippen LogP contribution < -0.4 is 4.74 Å². The lowest BCUT2D eigenvalue weighted by Gasteiger charge is -2.27. The number of ether oxygens (including phenoxy) is 2. The second-order valence-electron chi connectivity index (χ2n) is 5.16. The SMILES string of the molecule is COc1ccc(C(=O)N(C)CC2CCCOC2)cc1O. The van der Waals surface area contributed by atoms with Crippen molar-refractivity contribution >= 4 is 5.91 Å². The molecule has 20 heavy (non-hydrogen) atoms. The molecule has 0 aromatic heterocycles. The number of hydrogen-bond donors (Lipinski definition) is 1. The summed E-state index contributed by atoms with van der Waals surface area (Å²) in [6.07, 6.45) is 2.14. The van der Waals surface area contributed by atoms with Crippen molar-refractivity contribution in [1.82, 2.24) is 4.90 Å². The number of benzene rings is 1. The minimum absolute atomic E-state index is 0.0206. The van der Waals surface area contributed by atoms with Gasteiger partial charge in [-0.15, -0.1) is 0 Å². The molecule has 0 bridgehead atoms. The topological polar surface area (TPSA) is 59.0 Å². The molecule has 1 aromatic rings. The van der Waals surface area contributed by atoms with E-state index in [1.165, 1.54) is 13.2 Å². The number of methoxy groups -OCH3 is 1. The molecule has 0 radical (unpaired) electrons. The number of carbonyl (C=O) groups is 1. The van der Waals surface area contributed by atoms with Gasteiger partial charge in [0.1, 0.15) is 0 Å². The van der Waals surface area contributed by atoms with Crippen molar-refractivity contribution in [2.45, 2.75) is 12.8 Å². The van der Waals surface area contributed by atoms with Crippen LogP contribution in [0.25, 0.3) is 0 Å². The van der Waals surface area contributed by atoms with Crippen LogP contribution in [0.3, 0.4) is 0 Å². The third-order valence-electron chi connectivity index (χ3n) is 3.56. The molecule has 0 spiro atoms. The average molecular weight is 279 g/mol. The predicted molar refractivity (Wildman–Crippen MR) is 75.2 cm³/mol. The monoisotopic (exact) mass is 279 g/mol. The molecule has 1 unspecified atom stereocenters. The number of aromatic hydroxyl groups is 1. The lowest BCUT2D eigenvalue weighted by Crippen LogP contribution is -2.35. The van der Waals surface area contributed by atoms with Crippen molar-refractivity contribution in [2.24, 2.45) is 5.92 Å². The molecule has 5 nitrogen and oxygen atoms in total. The van der Waals surface area contributed by atoms with Crippen molar-refractivity contribution in [3.05, 3.63) is 23.8 Å². The second kappa shape index (κ2) is 6.61. The van der Waals surface area contributed by atoms with Crippen LogP contribution in [-0.4, -0.2) is 49.8 Å². The maximum absolute atomic E-state index is 12.3. The normalized spacial score (nSPS) is 18.6. The highest BCUT2D eigenvalue weighted by Crippen LogP contribution is 2.27. The summed E-state index contributed by atoms with van der Waals surface area (Å²) in [5.41, 5.74) is 0.461. The fraction of sp³-hybridized carbons (Fsp3) is 0.533. The summed E-state index contributed by atoms with van der Waals surface area (Å²) in [6, 6.07) is 4.70. The molecule has 1 aliphatic rings. The van der Waals surface area contributed by atoms with Gasteiger partial charge < -0.3 is 19.5 Å². The highest BCUT2D eigenvalue weighted by atomic mass is 16.5. The Bertz CT molecular complexity index is 469. The first-order chi connectivity index (χ1) is 9.61. The van der Waals surface area contributed by atoms with Crippen LogP contribution in [0, 0.1) is 5.92 Å². The maximum Gasteiger partial charge on any atom is 0.253 e. The van der Waals surface area contributed by atoms with Gasteiger partial charge in [-0.25, -0.2) is 0 Å². The number of carbonyl (C=O) groups excluding carboxylic acids is 1. The van der Waals surface area contributed by atoms with Crippen molar-refractivity contribution in [2.75, 3.05) is 33.9 Å². The Kier molecular flexibility index (Phi) is 4.84. The minimum Gasteiger partial charge on any atom is -0.504 e. The molecule has 1 aliphatic heterocycles. The van der Waals surface area contributed by atoms with E-state index in [2.05, 4.69) is 0 Å². The summed E-state index contributed by atoms with van der Waals surface area (Å²) in [4.78, 5) is 14.0. The summed E-state index contributed by atoms with van der Waals surface area (Å²) in [5.74, 6) is 0.635. The molecule has 1 fully saturated rings. The fourth-order valence-corrected chi connectivity index (χ4v) is 2.47. The number of nitrogens with zero attached hydrogens (tertiary/aromatic N) is 1. The van der Waals surface area contributed by atoms with E-state index in [0.717, 1.165) is 19.4 Å². The smallest absolute Gasteiger partial charge is 0.253 e. The largest absolute Gasteiger partial charge is 0.504 e. The molecule has 1 aromatic carbocycles. The number of hydrogen-bond acceptors (Lipinski definition) is 4. The lowest BCUT2D eigenvalue weighted by atomic mass is 10.0. The van der Waals surface area contributed by atoms with Crippen LogP contribution in [0.1, 0.15) is 23.2 Å². The van der Waals surface area contributed by atoms with Gasteiger partial charge in [-0.1, -0.05) is 0 Å². The highest BCUT2D eigenvalue weighted by molar-refractivity contribution is 5.94. The second-order valence-corrected chi connectivity index (χ2v) is 5.16. The molecule has 1 amide bonds. The molecule has 0 saturated carbocycles. The molecule has 1 N–H and O–H groups in total. The van der Waals surface area contributed by atoms with Crippen molar-refractivity contribution in [3.63, 3.8) is 0 Å². The van der Waals surface area contributed by atoms with E-state index in [1.54, 1.807) is 24.1 Å². The number of rotatable bonds is 4. The van der Waals surface area contributed by atoms with E-state index in [4.69, 9.17) is 9.47 Å². The Hall–Kier alpha value is -1.75. The van der Waals surface area contributed by atoms with E-state index in [0.29, 0.717) is 30.4 Å². The Morgan fingerprint density at radius 1 is 1.55 bits per heavy atom. The van der Waals surface area contributed by atoms with Gasteiger partial charge >= 0.3 is 0 Å². The third-order valence-corrected chi connectivity index (χ3v) is 3.56. The Morgan fingerprint density at radius 2 is 2.35 bits per heavy atom. The van der Waals surface area contributed by atoms with Gasteiger partial charge in [-0.3, -0.25) is 4.79 Å². The summed E-state index contributed by atoms with van der Waals surface area (Å²) >= 11 is 0. The Balaban J connectivity index is 2.00. The van der Waals surface area contributed by atoms with Crippen molar-refractivity contribution in [1.29, 1.82) is 0 Å². The predicted octanol–water partition coefficient (Wildman–Crippen LogP) is 1.90. The number of phenolic OH excluding ortho intramolecular Hbond substituents is 1. The standard InChI is InChI=1S/C15H21NO4/c1-16(9-11-4-3-7-20-10-11)15(18)12-5-6-14(19-2)13(17)8-12/h5-6,8,11,17H,3-4,7,9-10H2,1-2H3. The van der Waals surface area contributed by atoms with Crippen molar-refractivity contribution < 1.29 is 19.4 Å². The minimum atomic E-state index is -0.103. The van der Waals surface area contributed by atoms with E-state index in [1.807, 2.05) is 0 Å². The van der Waals surface area contributed by atoms with E-state index in [-0.39, 0.29) is 11.7 Å². The van der Waals surface area contributed by atoms with Crippen LogP contribution in [0.15, 0.2) is 18.2 Å². The third kappa shape index (κ3) is 3.42. The van der Waals surface area contributed by atoms with Crippen molar-refractivity contribution in [3.8, 4) is 11.5 Å². The number of amides is 1. The molecule has 110 valence electrons. The van der Waals surface area contributed by atoms with Gasteiger partial charge in [-0.2, -0.15) is 0 Å². The van der Waals surface area contributed by atoms with Crippen LogP contribution >= 0.6 is 0 Å². The number of phenols is 1.